The Balaban J connectivity index is 1.16. The van der Waals surface area contributed by atoms with Gasteiger partial charge in [0.25, 0.3) is 0 Å². The van der Waals surface area contributed by atoms with Crippen molar-refractivity contribution in [1.82, 2.24) is 9.78 Å². The van der Waals surface area contributed by atoms with Crippen LogP contribution in [-0.2, 0) is 26.2 Å². The van der Waals surface area contributed by atoms with Crippen molar-refractivity contribution in [1.29, 1.82) is 0 Å². The summed E-state index contributed by atoms with van der Waals surface area (Å²) in [4.78, 5) is 61.6. The van der Waals surface area contributed by atoms with Gasteiger partial charge in [-0.2, -0.15) is 5.10 Å². The molecule has 2 aromatic heterocycles. The summed E-state index contributed by atoms with van der Waals surface area (Å²) in [6.45, 7) is 3.80. The summed E-state index contributed by atoms with van der Waals surface area (Å²) >= 11 is 17.5. The van der Waals surface area contributed by atoms with E-state index < -0.39 is 46.8 Å². The number of anilines is 2. The first kappa shape index (κ1) is 34.5. The SMILES string of the molecule is Cc1c(-c2cc(N3C(=O)C4CC5C(=CCC6C(=O)N(c7ccc(Cl)cc7)C(=O)C65)C(c5cc(Br)ccc5O)C4(C)C3=O)n(C)n2)sc2ccc(Cl)cc12. The normalized spacial score (nSPS) is 26.7. The molecule has 0 radical (unpaired) electrons. The van der Waals surface area contributed by atoms with Gasteiger partial charge in [-0.15, -0.1) is 11.3 Å². The van der Waals surface area contributed by atoms with Gasteiger partial charge in [0.05, 0.1) is 33.7 Å². The van der Waals surface area contributed by atoms with Crippen molar-refractivity contribution < 1.29 is 24.3 Å². The molecule has 5 aromatic rings. The fourth-order valence-corrected chi connectivity index (χ4v) is 11.2. The van der Waals surface area contributed by atoms with Crippen molar-refractivity contribution >= 4 is 95.7 Å². The molecule has 6 unspecified atom stereocenters. The summed E-state index contributed by atoms with van der Waals surface area (Å²) in [6.07, 6.45) is 2.44. The minimum Gasteiger partial charge on any atom is -0.508 e. The van der Waals surface area contributed by atoms with Crippen LogP contribution in [0.5, 0.6) is 5.75 Å². The summed E-state index contributed by atoms with van der Waals surface area (Å²) < 4.78 is 3.29. The highest BCUT2D eigenvalue weighted by Crippen LogP contribution is 2.64. The van der Waals surface area contributed by atoms with Gasteiger partial charge in [-0.3, -0.25) is 28.8 Å². The molecule has 4 amide bonds. The Morgan fingerprint density at radius 3 is 2.40 bits per heavy atom. The zero-order chi connectivity index (χ0) is 37.2. The number of phenolic OH excluding ortho intramolecular Hbond substituents is 1. The molecule has 9 rings (SSSR count). The van der Waals surface area contributed by atoms with Crippen LogP contribution in [0.1, 0.15) is 36.8 Å². The van der Waals surface area contributed by atoms with E-state index in [0.29, 0.717) is 37.3 Å². The quantitative estimate of drug-likeness (QED) is 0.143. The number of hydrogen-bond donors (Lipinski definition) is 1. The lowest BCUT2D eigenvalue weighted by Crippen LogP contribution is -2.49. The molecular formula is C40H31BrCl2N4O5S. The van der Waals surface area contributed by atoms with Crippen molar-refractivity contribution in [3.8, 4) is 16.3 Å². The van der Waals surface area contributed by atoms with Crippen LogP contribution in [0.4, 0.5) is 11.5 Å². The highest BCUT2D eigenvalue weighted by atomic mass is 79.9. The maximum atomic E-state index is 15.1. The van der Waals surface area contributed by atoms with E-state index in [4.69, 9.17) is 28.3 Å². The Kier molecular flexibility index (Phi) is 7.88. The molecule has 2 aliphatic heterocycles. The zero-order valence-electron chi connectivity index (χ0n) is 28.6. The molecule has 0 spiro atoms. The number of aryl methyl sites for hydroxylation is 2. The second-order valence-electron chi connectivity index (χ2n) is 14.6. The molecule has 3 aromatic carbocycles. The van der Waals surface area contributed by atoms with Crippen molar-refractivity contribution in [2.45, 2.75) is 32.6 Å². The number of amides is 4. The topological polar surface area (TPSA) is 113 Å². The van der Waals surface area contributed by atoms with Crippen LogP contribution >= 0.6 is 50.5 Å². The van der Waals surface area contributed by atoms with Crippen LogP contribution in [0.15, 0.2) is 82.9 Å². The van der Waals surface area contributed by atoms with E-state index in [0.717, 1.165) is 26.1 Å². The Bertz CT molecular complexity index is 2490. The molecule has 9 nitrogen and oxygen atoms in total. The monoisotopic (exact) mass is 828 g/mol. The highest BCUT2D eigenvalue weighted by molar-refractivity contribution is 9.10. The van der Waals surface area contributed by atoms with Gasteiger partial charge in [0.2, 0.25) is 23.6 Å². The van der Waals surface area contributed by atoms with Gasteiger partial charge >= 0.3 is 0 Å². The fourth-order valence-electron chi connectivity index (χ4n) is 9.39. The van der Waals surface area contributed by atoms with E-state index in [1.54, 1.807) is 78.5 Å². The third kappa shape index (κ3) is 4.89. The first-order chi connectivity index (χ1) is 25.3. The number of carbonyl (C=O) groups excluding carboxylic acids is 4. The number of allylic oxidation sites excluding steroid dienone is 2. The first-order valence-corrected chi connectivity index (χ1v) is 19.6. The number of halogens is 3. The number of aromatic nitrogens is 2. The lowest BCUT2D eigenvalue weighted by molar-refractivity contribution is -0.131. The van der Waals surface area contributed by atoms with E-state index in [2.05, 4.69) is 15.9 Å². The van der Waals surface area contributed by atoms with Crippen molar-refractivity contribution in [3.05, 3.63) is 104 Å². The van der Waals surface area contributed by atoms with Gasteiger partial charge < -0.3 is 5.11 Å². The van der Waals surface area contributed by atoms with Gasteiger partial charge in [-0.25, -0.2) is 4.90 Å². The standard InChI is InChI=1S/C40H31BrCl2N4O5S/c1-18-25-15-21(43)7-13-31(25)53-35(18)29-17-32(45(3)44-29)47-37(50)28-16-26-23(34(40(28,2)39(47)52)27-14-19(41)4-12-30(27)48)10-11-24-33(26)38(51)46(36(24)49)22-8-5-20(42)6-9-22/h4-10,12-15,17,24,26,28,33-34,48H,11,16H2,1-3H3. The van der Waals surface area contributed by atoms with Crippen molar-refractivity contribution in [3.63, 3.8) is 0 Å². The van der Waals surface area contributed by atoms with E-state index >= 15 is 4.79 Å². The minimum atomic E-state index is -1.33. The second kappa shape index (κ2) is 12.1. The largest absolute Gasteiger partial charge is 0.508 e. The average Bonchev–Trinajstić information content (AvgIpc) is 3.80. The molecule has 1 N–H and O–H groups in total. The lowest BCUT2D eigenvalue weighted by Gasteiger charge is -2.49. The number of nitrogens with zero attached hydrogens (tertiary/aromatic N) is 4. The molecule has 2 aliphatic carbocycles. The molecule has 2 saturated heterocycles. The fraction of sp³-hybridized carbons (Fsp3) is 0.275. The molecule has 268 valence electrons. The number of fused-ring (bicyclic) bond motifs is 5. The van der Waals surface area contributed by atoms with Crippen LogP contribution < -0.4 is 9.80 Å². The molecule has 6 atom stereocenters. The Morgan fingerprint density at radius 2 is 1.64 bits per heavy atom. The van der Waals surface area contributed by atoms with Gasteiger partial charge in [-0.05, 0) is 104 Å². The molecule has 53 heavy (non-hydrogen) atoms. The summed E-state index contributed by atoms with van der Waals surface area (Å²) in [5.74, 6) is -4.69. The van der Waals surface area contributed by atoms with E-state index in [-0.39, 0.29) is 30.4 Å². The maximum Gasteiger partial charge on any atom is 0.242 e. The molecular weight excluding hydrogens is 799 g/mol. The van der Waals surface area contributed by atoms with E-state index in [1.165, 1.54) is 9.80 Å². The molecule has 1 saturated carbocycles. The number of benzene rings is 3. The number of carbonyl (C=O) groups is 4. The predicted octanol–water partition coefficient (Wildman–Crippen LogP) is 8.82. The van der Waals surface area contributed by atoms with Crippen LogP contribution in [0, 0.1) is 36.0 Å². The highest BCUT2D eigenvalue weighted by Gasteiger charge is 2.68. The number of thiophene rings is 1. The predicted molar refractivity (Wildman–Crippen MR) is 208 cm³/mol. The summed E-state index contributed by atoms with van der Waals surface area (Å²) in [6, 6.07) is 19.1. The molecule has 13 heteroatoms. The van der Waals surface area contributed by atoms with Crippen LogP contribution in [0.2, 0.25) is 10.0 Å². The van der Waals surface area contributed by atoms with Gasteiger partial charge in [-0.1, -0.05) is 50.8 Å². The Labute approximate surface area is 326 Å². The number of aromatic hydroxyl groups is 1. The average molecular weight is 831 g/mol. The zero-order valence-corrected chi connectivity index (χ0v) is 32.6. The van der Waals surface area contributed by atoms with Crippen LogP contribution in [-0.4, -0.2) is 38.5 Å². The second-order valence-corrected chi connectivity index (χ2v) is 17.4. The van der Waals surface area contributed by atoms with Gasteiger partial charge in [0.15, 0.2) is 0 Å². The molecule has 0 bridgehead atoms. The lowest BCUT2D eigenvalue weighted by atomic mass is 9.51. The number of rotatable bonds is 4. The summed E-state index contributed by atoms with van der Waals surface area (Å²) in [5.41, 5.74) is 1.98. The van der Waals surface area contributed by atoms with Gasteiger partial charge in [0, 0.05) is 43.8 Å². The third-order valence-corrected chi connectivity index (χ3v) is 14.2. The smallest absolute Gasteiger partial charge is 0.242 e. The Hall–Kier alpha value is -4.29. The third-order valence-electron chi connectivity index (χ3n) is 11.9. The van der Waals surface area contributed by atoms with Crippen molar-refractivity contribution in [2.24, 2.45) is 36.1 Å². The number of phenols is 1. The summed E-state index contributed by atoms with van der Waals surface area (Å²) in [5, 5.41) is 18.3. The number of hydrogen-bond acceptors (Lipinski definition) is 7. The molecule has 4 aliphatic rings. The first-order valence-electron chi connectivity index (χ1n) is 17.2. The maximum absolute atomic E-state index is 15.1. The van der Waals surface area contributed by atoms with Crippen LogP contribution in [0.25, 0.3) is 20.7 Å². The molecule has 4 heterocycles. The van der Waals surface area contributed by atoms with Gasteiger partial charge in [0.1, 0.15) is 17.3 Å². The Morgan fingerprint density at radius 1 is 0.906 bits per heavy atom. The van der Waals surface area contributed by atoms with E-state index in [9.17, 15) is 19.5 Å². The van der Waals surface area contributed by atoms with Crippen LogP contribution in [0.3, 0.4) is 0 Å². The summed E-state index contributed by atoms with van der Waals surface area (Å²) in [7, 11) is 1.71. The molecule has 3 fully saturated rings. The number of imide groups is 2. The minimum absolute atomic E-state index is 0.0275. The van der Waals surface area contributed by atoms with Crippen molar-refractivity contribution in [2.75, 3.05) is 9.80 Å². The van der Waals surface area contributed by atoms with E-state index in [1.807, 2.05) is 31.2 Å².